The normalized spacial score (nSPS) is 25.1. The van der Waals surface area contributed by atoms with Crippen LogP contribution in [0.15, 0.2) is 17.2 Å². The number of rotatable bonds is 4. The highest BCUT2D eigenvalue weighted by Crippen LogP contribution is 2.33. The van der Waals surface area contributed by atoms with E-state index in [1.54, 1.807) is 17.0 Å². The molecule has 5 heteroatoms. The third-order valence-electron chi connectivity index (χ3n) is 3.70. The molecule has 2 unspecified atom stereocenters. The van der Waals surface area contributed by atoms with E-state index in [4.69, 9.17) is 4.74 Å². The number of hydrogen-bond acceptors (Lipinski definition) is 4. The van der Waals surface area contributed by atoms with Crippen molar-refractivity contribution >= 4 is 5.82 Å². The molecule has 0 spiro atoms. The first-order valence-corrected chi connectivity index (χ1v) is 6.71. The third-order valence-corrected chi connectivity index (χ3v) is 3.70. The molecular formula is C13H19N3O2. The largest absolute Gasteiger partial charge is 0.376 e. The molecule has 1 saturated heterocycles. The average Bonchev–Trinajstić information content (AvgIpc) is 3.05. The molecule has 2 aliphatic rings. The Morgan fingerprint density at radius 1 is 1.50 bits per heavy atom. The zero-order chi connectivity index (χ0) is 12.5. The van der Waals surface area contributed by atoms with Crippen LogP contribution in [-0.2, 0) is 4.74 Å². The van der Waals surface area contributed by atoms with E-state index in [-0.39, 0.29) is 17.7 Å². The van der Waals surface area contributed by atoms with Gasteiger partial charge in [0.15, 0.2) is 5.82 Å². The minimum atomic E-state index is -0.00940. The lowest BCUT2D eigenvalue weighted by Gasteiger charge is -2.20. The summed E-state index contributed by atoms with van der Waals surface area (Å²) in [6.07, 6.45) is 8.03. The molecule has 1 N–H and O–H groups in total. The van der Waals surface area contributed by atoms with Crippen LogP contribution in [0.2, 0.25) is 0 Å². The van der Waals surface area contributed by atoms with Crippen LogP contribution in [0.4, 0.5) is 5.82 Å². The number of nitrogens with zero attached hydrogens (tertiary/aromatic N) is 2. The maximum absolute atomic E-state index is 12.2. The van der Waals surface area contributed by atoms with Crippen LogP contribution in [0.3, 0.4) is 0 Å². The van der Waals surface area contributed by atoms with E-state index in [2.05, 4.69) is 10.3 Å². The smallest absolute Gasteiger partial charge is 0.293 e. The lowest BCUT2D eigenvalue weighted by molar-refractivity contribution is 0.0995. The van der Waals surface area contributed by atoms with Gasteiger partial charge in [-0.1, -0.05) is 0 Å². The molecular weight excluding hydrogens is 230 g/mol. The van der Waals surface area contributed by atoms with Crippen molar-refractivity contribution in [2.45, 2.75) is 50.8 Å². The second-order valence-electron chi connectivity index (χ2n) is 5.20. The zero-order valence-corrected chi connectivity index (χ0v) is 10.6. The topological polar surface area (TPSA) is 56.2 Å². The summed E-state index contributed by atoms with van der Waals surface area (Å²) < 4.78 is 7.41. The van der Waals surface area contributed by atoms with Crippen molar-refractivity contribution in [2.75, 3.05) is 11.9 Å². The Hall–Kier alpha value is -1.36. The summed E-state index contributed by atoms with van der Waals surface area (Å²) in [4.78, 5) is 16.4. The van der Waals surface area contributed by atoms with E-state index in [1.165, 1.54) is 0 Å². The minimum absolute atomic E-state index is 0.00940. The fourth-order valence-corrected chi connectivity index (χ4v) is 2.47. The van der Waals surface area contributed by atoms with Crippen LogP contribution < -0.4 is 10.9 Å². The van der Waals surface area contributed by atoms with Gasteiger partial charge in [0.2, 0.25) is 0 Å². The maximum atomic E-state index is 12.2. The molecule has 5 nitrogen and oxygen atoms in total. The molecule has 1 aliphatic carbocycles. The highest BCUT2D eigenvalue weighted by molar-refractivity contribution is 5.33. The first-order valence-electron chi connectivity index (χ1n) is 6.71. The van der Waals surface area contributed by atoms with Crippen LogP contribution in [-0.4, -0.2) is 28.3 Å². The molecule has 0 bridgehead atoms. The van der Waals surface area contributed by atoms with Gasteiger partial charge in [0.05, 0.1) is 12.1 Å². The number of aromatic nitrogens is 2. The summed E-state index contributed by atoms with van der Waals surface area (Å²) in [5.41, 5.74) is -0.00940. The van der Waals surface area contributed by atoms with Gasteiger partial charge in [0, 0.05) is 25.0 Å². The Bertz CT molecular complexity index is 475. The van der Waals surface area contributed by atoms with Crippen molar-refractivity contribution in [3.63, 3.8) is 0 Å². The lowest BCUT2D eigenvalue weighted by Crippen LogP contribution is -2.34. The molecule has 98 valence electrons. The van der Waals surface area contributed by atoms with E-state index in [9.17, 15) is 4.79 Å². The Balaban J connectivity index is 1.75. The van der Waals surface area contributed by atoms with Crippen LogP contribution in [0.1, 0.15) is 38.6 Å². The number of hydrogen-bond donors (Lipinski definition) is 1. The van der Waals surface area contributed by atoms with Gasteiger partial charge in [-0.05, 0) is 32.6 Å². The van der Waals surface area contributed by atoms with E-state index in [1.807, 2.05) is 6.92 Å². The monoisotopic (exact) mass is 249 g/mol. The van der Waals surface area contributed by atoms with Gasteiger partial charge in [0.25, 0.3) is 5.56 Å². The van der Waals surface area contributed by atoms with Crippen LogP contribution in [0, 0.1) is 0 Å². The molecule has 0 aromatic carbocycles. The molecule has 2 heterocycles. The molecule has 18 heavy (non-hydrogen) atoms. The number of ether oxygens (including phenoxy) is 1. The van der Waals surface area contributed by atoms with Crippen molar-refractivity contribution in [2.24, 2.45) is 0 Å². The quantitative estimate of drug-likeness (QED) is 0.879. The van der Waals surface area contributed by atoms with Crippen LogP contribution in [0.25, 0.3) is 0 Å². The molecule has 3 rings (SSSR count). The summed E-state index contributed by atoms with van der Waals surface area (Å²) in [6.45, 7) is 2.87. The average molecular weight is 249 g/mol. The van der Waals surface area contributed by atoms with Crippen molar-refractivity contribution < 1.29 is 4.74 Å². The summed E-state index contributed by atoms with van der Waals surface area (Å²) in [7, 11) is 0. The Morgan fingerprint density at radius 3 is 3.00 bits per heavy atom. The molecule has 0 radical (unpaired) electrons. The van der Waals surface area contributed by atoms with Crippen molar-refractivity contribution in [1.82, 2.24) is 9.55 Å². The number of anilines is 1. The number of nitrogens with one attached hydrogen (secondary N) is 1. The summed E-state index contributed by atoms with van der Waals surface area (Å²) in [6, 6.07) is 0.516. The van der Waals surface area contributed by atoms with E-state index < -0.39 is 0 Å². The first kappa shape index (κ1) is 11.7. The zero-order valence-electron chi connectivity index (χ0n) is 10.6. The summed E-state index contributed by atoms with van der Waals surface area (Å²) in [5.74, 6) is 0.451. The fourth-order valence-electron chi connectivity index (χ4n) is 2.47. The first-order chi connectivity index (χ1) is 8.75. The van der Waals surface area contributed by atoms with E-state index >= 15 is 0 Å². The molecule has 2 fully saturated rings. The molecule has 2 atom stereocenters. The van der Waals surface area contributed by atoms with Gasteiger partial charge < -0.3 is 14.6 Å². The van der Waals surface area contributed by atoms with Gasteiger partial charge in [-0.15, -0.1) is 0 Å². The minimum Gasteiger partial charge on any atom is -0.376 e. The molecule has 1 aromatic heterocycles. The SMILES string of the molecule is CC(Nc1nccn(C2CC2)c1=O)C1CCCO1. The fraction of sp³-hybridized carbons (Fsp3) is 0.692. The summed E-state index contributed by atoms with van der Waals surface area (Å²) in [5, 5.41) is 3.21. The molecule has 1 aromatic rings. The van der Waals surface area contributed by atoms with E-state index in [0.717, 1.165) is 32.3 Å². The predicted molar refractivity (Wildman–Crippen MR) is 68.8 cm³/mol. The Kier molecular flexibility index (Phi) is 3.07. The third kappa shape index (κ3) is 2.27. The summed E-state index contributed by atoms with van der Waals surface area (Å²) >= 11 is 0. The van der Waals surface area contributed by atoms with Gasteiger partial charge in [-0.25, -0.2) is 4.98 Å². The second kappa shape index (κ2) is 4.72. The van der Waals surface area contributed by atoms with Gasteiger partial charge in [-0.2, -0.15) is 0 Å². The Labute approximate surface area is 106 Å². The highest BCUT2D eigenvalue weighted by Gasteiger charge is 2.27. The highest BCUT2D eigenvalue weighted by atomic mass is 16.5. The standard InChI is InChI=1S/C13H19N3O2/c1-9(11-3-2-8-18-11)15-12-13(17)16(7-6-14-12)10-4-5-10/h6-7,9-11H,2-5,8H2,1H3,(H,14,15). The predicted octanol–water partition coefficient (Wildman–Crippen LogP) is 1.56. The molecule has 1 saturated carbocycles. The lowest BCUT2D eigenvalue weighted by atomic mass is 10.1. The van der Waals surface area contributed by atoms with Crippen LogP contribution >= 0.6 is 0 Å². The van der Waals surface area contributed by atoms with Crippen LogP contribution in [0.5, 0.6) is 0 Å². The van der Waals surface area contributed by atoms with Gasteiger partial charge in [-0.3, -0.25) is 4.79 Å². The molecule has 0 amide bonds. The van der Waals surface area contributed by atoms with Gasteiger partial charge >= 0.3 is 0 Å². The van der Waals surface area contributed by atoms with Crippen molar-refractivity contribution in [3.05, 3.63) is 22.7 Å². The molecule has 1 aliphatic heterocycles. The van der Waals surface area contributed by atoms with Crippen molar-refractivity contribution in [3.8, 4) is 0 Å². The van der Waals surface area contributed by atoms with Crippen molar-refractivity contribution in [1.29, 1.82) is 0 Å². The van der Waals surface area contributed by atoms with Gasteiger partial charge in [0.1, 0.15) is 0 Å². The Morgan fingerprint density at radius 2 is 2.33 bits per heavy atom. The van der Waals surface area contributed by atoms with E-state index in [0.29, 0.717) is 11.9 Å². The maximum Gasteiger partial charge on any atom is 0.293 e. The second-order valence-corrected chi connectivity index (χ2v) is 5.20.